The third-order valence-electron chi connectivity index (χ3n) is 3.03. The molecule has 3 nitrogen and oxygen atoms in total. The predicted octanol–water partition coefficient (Wildman–Crippen LogP) is 3.15. The van der Waals surface area contributed by atoms with Crippen LogP contribution in [0.3, 0.4) is 0 Å². The lowest BCUT2D eigenvalue weighted by Gasteiger charge is -2.17. The van der Waals surface area contributed by atoms with E-state index in [1.54, 1.807) is 6.20 Å². The lowest BCUT2D eigenvalue weighted by molar-refractivity contribution is 0.719. The van der Waals surface area contributed by atoms with Gasteiger partial charge in [0.1, 0.15) is 0 Å². The summed E-state index contributed by atoms with van der Waals surface area (Å²) in [6.45, 7) is 0. The van der Waals surface area contributed by atoms with Gasteiger partial charge in [0.05, 0.1) is 0 Å². The average molecular weight is 320 g/mol. The van der Waals surface area contributed by atoms with Crippen LogP contribution in [-0.4, -0.2) is 19.1 Å². The van der Waals surface area contributed by atoms with E-state index in [1.807, 2.05) is 26.4 Å². The van der Waals surface area contributed by atoms with Crippen molar-refractivity contribution in [3.05, 3.63) is 58.3 Å². The van der Waals surface area contributed by atoms with Crippen molar-refractivity contribution in [3.8, 4) is 0 Å². The zero-order chi connectivity index (χ0) is 13.8. The molecule has 0 spiro atoms. The van der Waals surface area contributed by atoms with Crippen LogP contribution < -0.4 is 10.6 Å². The minimum absolute atomic E-state index is 0.0176. The molecule has 19 heavy (non-hydrogen) atoms. The lowest BCUT2D eigenvalue weighted by Crippen LogP contribution is -2.15. The van der Waals surface area contributed by atoms with Crippen LogP contribution in [0.25, 0.3) is 0 Å². The van der Waals surface area contributed by atoms with Crippen molar-refractivity contribution in [2.24, 2.45) is 5.73 Å². The Labute approximate surface area is 122 Å². The maximum absolute atomic E-state index is 6.28. The van der Waals surface area contributed by atoms with Crippen LogP contribution >= 0.6 is 15.9 Å². The van der Waals surface area contributed by atoms with Crippen molar-refractivity contribution in [2.45, 2.75) is 12.5 Å². The minimum Gasteiger partial charge on any atom is -0.378 e. The summed E-state index contributed by atoms with van der Waals surface area (Å²) < 4.78 is 0.985. The van der Waals surface area contributed by atoms with Crippen LogP contribution in [0, 0.1) is 0 Å². The summed E-state index contributed by atoms with van der Waals surface area (Å²) in [5, 5.41) is 0. The summed E-state index contributed by atoms with van der Waals surface area (Å²) in [6, 6.07) is 10.4. The van der Waals surface area contributed by atoms with E-state index < -0.39 is 0 Å². The number of nitrogens with zero attached hydrogens (tertiary/aromatic N) is 2. The molecule has 1 atom stereocenters. The first kappa shape index (κ1) is 14.0. The van der Waals surface area contributed by atoms with Crippen LogP contribution in [0.15, 0.2) is 47.2 Å². The number of nitrogens with two attached hydrogens (primary N) is 1. The molecule has 0 aliphatic carbocycles. The molecule has 2 aromatic rings. The van der Waals surface area contributed by atoms with Crippen LogP contribution in [0.1, 0.15) is 17.2 Å². The molecule has 0 aliphatic heterocycles. The first-order chi connectivity index (χ1) is 9.06. The van der Waals surface area contributed by atoms with Gasteiger partial charge in [-0.3, -0.25) is 4.98 Å². The quantitative estimate of drug-likeness (QED) is 0.941. The van der Waals surface area contributed by atoms with Crippen LogP contribution in [0.2, 0.25) is 0 Å². The highest BCUT2D eigenvalue weighted by molar-refractivity contribution is 9.10. The third-order valence-corrected chi connectivity index (χ3v) is 3.47. The normalized spacial score (nSPS) is 12.2. The second-order valence-corrected chi connectivity index (χ2v) is 5.73. The van der Waals surface area contributed by atoms with Gasteiger partial charge in [-0.1, -0.05) is 12.1 Å². The summed E-state index contributed by atoms with van der Waals surface area (Å²) in [6.07, 6.45) is 4.42. The first-order valence-electron chi connectivity index (χ1n) is 6.18. The molecular weight excluding hydrogens is 302 g/mol. The van der Waals surface area contributed by atoms with Gasteiger partial charge in [0, 0.05) is 42.7 Å². The summed E-state index contributed by atoms with van der Waals surface area (Å²) in [7, 11) is 4.06. The number of pyridine rings is 1. The summed E-state index contributed by atoms with van der Waals surface area (Å²) in [5.41, 5.74) is 9.73. The lowest BCUT2D eigenvalue weighted by atomic mass is 10.0. The van der Waals surface area contributed by atoms with E-state index in [9.17, 15) is 0 Å². The smallest absolute Gasteiger partial charge is 0.0410 e. The standard InChI is InChI=1S/C15H18BrN3/c1-19(2)14-5-3-4-12(8-14)15(17)7-11-6-13(16)10-18-9-11/h3-6,8-10,15H,7,17H2,1-2H3. The van der Waals surface area contributed by atoms with Crippen molar-refractivity contribution < 1.29 is 0 Å². The Morgan fingerprint density at radius 1 is 1.26 bits per heavy atom. The molecule has 0 fully saturated rings. The van der Waals surface area contributed by atoms with E-state index in [1.165, 1.54) is 5.69 Å². The summed E-state index contributed by atoms with van der Waals surface area (Å²) in [4.78, 5) is 6.25. The van der Waals surface area contributed by atoms with Crippen molar-refractivity contribution in [1.29, 1.82) is 0 Å². The highest BCUT2D eigenvalue weighted by Gasteiger charge is 2.09. The highest BCUT2D eigenvalue weighted by atomic mass is 79.9. The largest absolute Gasteiger partial charge is 0.378 e. The maximum atomic E-state index is 6.28. The average Bonchev–Trinajstić information content (AvgIpc) is 2.39. The van der Waals surface area contributed by atoms with Crippen molar-refractivity contribution in [3.63, 3.8) is 0 Å². The second-order valence-electron chi connectivity index (χ2n) is 4.81. The van der Waals surface area contributed by atoms with Gasteiger partial charge >= 0.3 is 0 Å². The number of anilines is 1. The second kappa shape index (κ2) is 6.17. The monoisotopic (exact) mass is 319 g/mol. The van der Waals surface area contributed by atoms with Gasteiger partial charge in [0.15, 0.2) is 0 Å². The van der Waals surface area contributed by atoms with Gasteiger partial charge in [-0.15, -0.1) is 0 Å². The number of benzene rings is 1. The zero-order valence-corrected chi connectivity index (χ0v) is 12.8. The fraction of sp³-hybridized carbons (Fsp3) is 0.267. The van der Waals surface area contributed by atoms with Gasteiger partial charge in [-0.2, -0.15) is 0 Å². The van der Waals surface area contributed by atoms with Crippen molar-refractivity contribution in [1.82, 2.24) is 4.98 Å². The Bertz CT molecular complexity index is 555. The molecule has 0 aliphatic rings. The summed E-state index contributed by atoms with van der Waals surface area (Å²) in [5.74, 6) is 0. The molecule has 2 N–H and O–H groups in total. The van der Waals surface area contributed by atoms with E-state index in [2.05, 4.69) is 50.1 Å². The van der Waals surface area contributed by atoms with Crippen LogP contribution in [0.4, 0.5) is 5.69 Å². The van der Waals surface area contributed by atoms with Gasteiger partial charge in [-0.05, 0) is 51.7 Å². The molecule has 0 saturated carbocycles. The van der Waals surface area contributed by atoms with E-state index in [0.29, 0.717) is 0 Å². The van der Waals surface area contributed by atoms with Gasteiger partial charge < -0.3 is 10.6 Å². The molecule has 4 heteroatoms. The molecule has 1 unspecified atom stereocenters. The van der Waals surface area contributed by atoms with E-state index >= 15 is 0 Å². The third kappa shape index (κ3) is 3.78. The van der Waals surface area contributed by atoms with Crippen molar-refractivity contribution in [2.75, 3.05) is 19.0 Å². The topological polar surface area (TPSA) is 42.1 Å². The fourth-order valence-electron chi connectivity index (χ4n) is 1.97. The molecule has 2 rings (SSSR count). The Hall–Kier alpha value is -1.39. The Morgan fingerprint density at radius 3 is 2.74 bits per heavy atom. The molecule has 1 aromatic carbocycles. The maximum Gasteiger partial charge on any atom is 0.0410 e. The van der Waals surface area contributed by atoms with E-state index in [0.717, 1.165) is 22.0 Å². The van der Waals surface area contributed by atoms with Gasteiger partial charge in [-0.25, -0.2) is 0 Å². The Morgan fingerprint density at radius 2 is 2.05 bits per heavy atom. The molecule has 1 aromatic heterocycles. The molecular formula is C15H18BrN3. The number of aromatic nitrogens is 1. The molecule has 0 saturated heterocycles. The summed E-state index contributed by atoms with van der Waals surface area (Å²) >= 11 is 3.43. The molecule has 0 bridgehead atoms. The zero-order valence-electron chi connectivity index (χ0n) is 11.2. The number of hydrogen-bond donors (Lipinski definition) is 1. The Balaban J connectivity index is 2.15. The molecule has 100 valence electrons. The number of rotatable bonds is 4. The van der Waals surface area contributed by atoms with Crippen molar-refractivity contribution >= 4 is 21.6 Å². The fourth-order valence-corrected chi connectivity index (χ4v) is 2.39. The van der Waals surface area contributed by atoms with Crippen LogP contribution in [-0.2, 0) is 6.42 Å². The van der Waals surface area contributed by atoms with Gasteiger partial charge in [0.25, 0.3) is 0 Å². The number of halogens is 1. The SMILES string of the molecule is CN(C)c1cccc(C(N)Cc2cncc(Br)c2)c1. The van der Waals surface area contributed by atoms with Gasteiger partial charge in [0.2, 0.25) is 0 Å². The predicted molar refractivity (Wildman–Crippen MR) is 83.3 cm³/mol. The van der Waals surface area contributed by atoms with E-state index in [-0.39, 0.29) is 6.04 Å². The molecule has 0 amide bonds. The van der Waals surface area contributed by atoms with Crippen LogP contribution in [0.5, 0.6) is 0 Å². The Kier molecular flexibility index (Phi) is 4.56. The molecule has 0 radical (unpaired) electrons. The van der Waals surface area contributed by atoms with E-state index in [4.69, 9.17) is 5.73 Å². The molecule has 1 heterocycles. The minimum atomic E-state index is -0.0176. The number of hydrogen-bond acceptors (Lipinski definition) is 3. The highest BCUT2D eigenvalue weighted by Crippen LogP contribution is 2.21. The first-order valence-corrected chi connectivity index (χ1v) is 6.98.